The average molecular weight is 467 g/mol. The summed E-state index contributed by atoms with van der Waals surface area (Å²) in [6.45, 7) is 9.46. The van der Waals surface area contributed by atoms with E-state index in [9.17, 15) is 14.7 Å². The van der Waals surface area contributed by atoms with Gasteiger partial charge in [-0.05, 0) is 61.5 Å². The molecular formula is C27H34N2O5. The van der Waals surface area contributed by atoms with Crippen molar-refractivity contribution in [3.8, 4) is 11.5 Å². The summed E-state index contributed by atoms with van der Waals surface area (Å²) >= 11 is 0. The molecule has 0 aromatic heterocycles. The molecule has 2 aromatic rings. The second-order valence-corrected chi connectivity index (χ2v) is 8.17. The molecule has 1 aliphatic rings. The van der Waals surface area contributed by atoms with E-state index < -0.39 is 17.7 Å². The van der Waals surface area contributed by atoms with E-state index in [1.165, 1.54) is 0 Å². The Labute approximate surface area is 201 Å². The van der Waals surface area contributed by atoms with Crippen LogP contribution in [0.2, 0.25) is 0 Å². The van der Waals surface area contributed by atoms with Crippen LogP contribution < -0.4 is 9.47 Å². The third-order valence-corrected chi connectivity index (χ3v) is 6.12. The van der Waals surface area contributed by atoms with E-state index in [0.29, 0.717) is 36.8 Å². The Hall–Kier alpha value is -3.32. The number of ketones is 1. The number of amides is 1. The highest BCUT2D eigenvalue weighted by atomic mass is 16.5. The number of nitrogens with zero attached hydrogens (tertiary/aromatic N) is 2. The summed E-state index contributed by atoms with van der Waals surface area (Å²) in [5, 5.41) is 11.2. The average Bonchev–Trinajstić information content (AvgIpc) is 3.13. The van der Waals surface area contributed by atoms with Crippen molar-refractivity contribution in [2.45, 2.75) is 33.2 Å². The Balaban J connectivity index is 2.03. The first kappa shape index (κ1) is 25.3. The predicted molar refractivity (Wildman–Crippen MR) is 132 cm³/mol. The van der Waals surface area contributed by atoms with Crippen LogP contribution in [0.25, 0.3) is 5.76 Å². The van der Waals surface area contributed by atoms with E-state index in [2.05, 4.69) is 18.7 Å². The van der Waals surface area contributed by atoms with Crippen LogP contribution in [-0.4, -0.2) is 66.5 Å². The molecule has 1 heterocycles. The smallest absolute Gasteiger partial charge is 0.295 e. The minimum Gasteiger partial charge on any atom is -0.507 e. The molecule has 1 amide bonds. The number of carbonyl (C=O) groups excluding carboxylic acids is 2. The fraction of sp³-hybridized carbons (Fsp3) is 0.407. The maximum Gasteiger partial charge on any atom is 0.295 e. The second-order valence-electron chi connectivity index (χ2n) is 8.17. The Morgan fingerprint density at radius 1 is 0.971 bits per heavy atom. The highest BCUT2D eigenvalue weighted by molar-refractivity contribution is 6.46. The minimum absolute atomic E-state index is 0.0944. The number of Topliss-reactive ketones (excluding diaryl/α,β-unsaturated/α-hetero) is 1. The number of methoxy groups -OCH3 is 1. The van der Waals surface area contributed by atoms with Crippen molar-refractivity contribution in [3.63, 3.8) is 0 Å². The van der Waals surface area contributed by atoms with Crippen molar-refractivity contribution in [2.24, 2.45) is 0 Å². The first-order chi connectivity index (χ1) is 16.4. The van der Waals surface area contributed by atoms with Crippen molar-refractivity contribution >= 4 is 17.4 Å². The Morgan fingerprint density at radius 2 is 1.59 bits per heavy atom. The molecule has 1 unspecified atom stereocenters. The van der Waals surface area contributed by atoms with Crippen LogP contribution >= 0.6 is 0 Å². The van der Waals surface area contributed by atoms with Gasteiger partial charge in [-0.3, -0.25) is 9.59 Å². The fourth-order valence-corrected chi connectivity index (χ4v) is 4.12. The molecule has 0 spiro atoms. The van der Waals surface area contributed by atoms with Crippen molar-refractivity contribution in [3.05, 3.63) is 65.2 Å². The summed E-state index contributed by atoms with van der Waals surface area (Å²) in [7, 11) is 1.58. The number of likely N-dealkylation sites (N-methyl/N-ethyl adjacent to an activating group) is 1. The monoisotopic (exact) mass is 466 g/mol. The van der Waals surface area contributed by atoms with Crippen molar-refractivity contribution in [1.82, 2.24) is 9.80 Å². The lowest BCUT2D eigenvalue weighted by Crippen LogP contribution is -2.38. The van der Waals surface area contributed by atoms with Gasteiger partial charge in [-0.25, -0.2) is 0 Å². The number of hydrogen-bond acceptors (Lipinski definition) is 6. The molecule has 7 heteroatoms. The third-order valence-electron chi connectivity index (χ3n) is 6.12. The highest BCUT2D eigenvalue weighted by Gasteiger charge is 2.45. The van der Waals surface area contributed by atoms with Gasteiger partial charge in [0.1, 0.15) is 17.3 Å². The van der Waals surface area contributed by atoms with Gasteiger partial charge < -0.3 is 24.4 Å². The van der Waals surface area contributed by atoms with Gasteiger partial charge in [0.05, 0.1) is 25.3 Å². The summed E-state index contributed by atoms with van der Waals surface area (Å²) in [6, 6.07) is 13.5. The maximum atomic E-state index is 13.2. The van der Waals surface area contributed by atoms with Crippen LogP contribution in [0.1, 0.15) is 44.4 Å². The largest absolute Gasteiger partial charge is 0.507 e. The molecule has 0 saturated carbocycles. The van der Waals surface area contributed by atoms with Crippen LogP contribution in [0, 0.1) is 0 Å². The van der Waals surface area contributed by atoms with E-state index in [1.807, 2.05) is 19.1 Å². The molecule has 1 saturated heterocycles. The molecule has 1 atom stereocenters. The van der Waals surface area contributed by atoms with Gasteiger partial charge in [0.2, 0.25) is 0 Å². The van der Waals surface area contributed by atoms with Crippen molar-refractivity contribution in [1.29, 1.82) is 0 Å². The lowest BCUT2D eigenvalue weighted by atomic mass is 9.95. The first-order valence-corrected chi connectivity index (χ1v) is 11.8. The van der Waals surface area contributed by atoms with Gasteiger partial charge in [-0.2, -0.15) is 0 Å². The molecule has 182 valence electrons. The number of carbonyl (C=O) groups is 2. The molecule has 1 N–H and O–H groups in total. The number of benzene rings is 2. The van der Waals surface area contributed by atoms with Gasteiger partial charge in [-0.1, -0.05) is 32.9 Å². The lowest BCUT2D eigenvalue weighted by molar-refractivity contribution is -0.140. The predicted octanol–water partition coefficient (Wildman–Crippen LogP) is 4.25. The van der Waals surface area contributed by atoms with E-state index in [0.717, 1.165) is 25.1 Å². The van der Waals surface area contributed by atoms with Crippen molar-refractivity contribution < 1.29 is 24.2 Å². The van der Waals surface area contributed by atoms with Crippen LogP contribution in [0.15, 0.2) is 54.1 Å². The molecule has 34 heavy (non-hydrogen) atoms. The zero-order chi connectivity index (χ0) is 24.7. The number of rotatable bonds is 11. The topological polar surface area (TPSA) is 79.3 Å². The second kappa shape index (κ2) is 11.7. The maximum absolute atomic E-state index is 13.2. The number of likely N-dealkylation sites (tertiary alicyclic amines) is 1. The molecule has 1 fully saturated rings. The SMILES string of the molecule is CCCOc1ccc(/C(O)=C2/C(=O)C(=O)N(CCN(CC)CC)C2c2ccc(OC)cc2)cc1. The zero-order valence-electron chi connectivity index (χ0n) is 20.4. The number of aliphatic hydroxyl groups excluding tert-OH is 1. The Kier molecular flexibility index (Phi) is 8.71. The van der Waals surface area contributed by atoms with E-state index >= 15 is 0 Å². The fourth-order valence-electron chi connectivity index (χ4n) is 4.12. The molecule has 1 aliphatic heterocycles. The molecular weight excluding hydrogens is 432 g/mol. The van der Waals surface area contributed by atoms with Crippen LogP contribution in [0.4, 0.5) is 0 Å². The molecule has 3 rings (SSSR count). The standard InChI is InChI=1S/C27H34N2O5/c1-5-18-34-22-14-10-20(11-15-22)25(30)23-24(19-8-12-21(33-4)13-9-19)29(27(32)26(23)31)17-16-28(6-2)7-3/h8-15,24,30H,5-7,16-18H2,1-4H3/b25-23-. The Bertz CT molecular complexity index is 1010. The molecule has 0 radical (unpaired) electrons. The Morgan fingerprint density at radius 3 is 2.15 bits per heavy atom. The van der Waals surface area contributed by atoms with Gasteiger partial charge >= 0.3 is 0 Å². The van der Waals surface area contributed by atoms with Crippen LogP contribution in [0.3, 0.4) is 0 Å². The third kappa shape index (κ3) is 5.42. The number of aliphatic hydroxyl groups is 1. The quantitative estimate of drug-likeness (QED) is 0.303. The molecule has 0 bridgehead atoms. The lowest BCUT2D eigenvalue weighted by Gasteiger charge is -2.28. The normalized spacial score (nSPS) is 17.4. The van der Waals surface area contributed by atoms with Crippen LogP contribution in [0.5, 0.6) is 11.5 Å². The summed E-state index contributed by atoms with van der Waals surface area (Å²) in [5.74, 6) is -0.107. The van der Waals surface area contributed by atoms with E-state index in [4.69, 9.17) is 9.47 Å². The van der Waals surface area contributed by atoms with Gasteiger partial charge in [-0.15, -0.1) is 0 Å². The van der Waals surface area contributed by atoms with Gasteiger partial charge in [0.15, 0.2) is 0 Å². The van der Waals surface area contributed by atoms with Gasteiger partial charge in [0, 0.05) is 18.7 Å². The van der Waals surface area contributed by atoms with Crippen LogP contribution in [-0.2, 0) is 9.59 Å². The number of ether oxygens (including phenoxy) is 2. The minimum atomic E-state index is -0.683. The number of hydrogen-bond donors (Lipinski definition) is 1. The zero-order valence-corrected chi connectivity index (χ0v) is 20.4. The molecule has 7 nitrogen and oxygen atoms in total. The molecule has 0 aliphatic carbocycles. The van der Waals surface area contributed by atoms with E-state index in [-0.39, 0.29) is 11.3 Å². The van der Waals surface area contributed by atoms with E-state index in [1.54, 1.807) is 48.4 Å². The summed E-state index contributed by atoms with van der Waals surface area (Å²) in [6.07, 6.45) is 0.889. The summed E-state index contributed by atoms with van der Waals surface area (Å²) < 4.78 is 10.9. The molecule has 2 aromatic carbocycles. The summed E-state index contributed by atoms with van der Waals surface area (Å²) in [5.41, 5.74) is 1.30. The highest BCUT2D eigenvalue weighted by Crippen LogP contribution is 2.39. The first-order valence-electron chi connectivity index (χ1n) is 11.8. The summed E-state index contributed by atoms with van der Waals surface area (Å²) in [4.78, 5) is 30.0. The van der Waals surface area contributed by atoms with Crippen molar-refractivity contribution in [2.75, 3.05) is 39.9 Å². The van der Waals surface area contributed by atoms with Gasteiger partial charge in [0.25, 0.3) is 11.7 Å².